The van der Waals surface area contributed by atoms with E-state index >= 15 is 0 Å². The molecule has 0 unspecified atom stereocenters. The maximum atomic E-state index is 10.5. The van der Waals surface area contributed by atoms with E-state index in [1.54, 1.807) is 0 Å². The molecule has 0 saturated carbocycles. The number of carbonyl (C=O) groups is 2. The third-order valence-corrected chi connectivity index (χ3v) is 2.00. The molecule has 0 bridgehead atoms. The number of aromatic hydroxyl groups is 1. The molecule has 1 aromatic rings. The Morgan fingerprint density at radius 1 is 1.26 bits per heavy atom. The normalized spacial score (nSPS) is 8.79. The van der Waals surface area contributed by atoms with Gasteiger partial charge in [0.15, 0.2) is 11.5 Å². The van der Waals surface area contributed by atoms with Gasteiger partial charge in [0.05, 0.1) is 14.2 Å². The molecule has 104 valence electrons. The number of carboxylic acids is 1. The van der Waals surface area contributed by atoms with Crippen LogP contribution in [0.15, 0.2) is 24.3 Å². The van der Waals surface area contributed by atoms with Crippen LogP contribution in [0.5, 0.6) is 17.2 Å². The van der Waals surface area contributed by atoms with Crippen molar-refractivity contribution in [2.24, 2.45) is 0 Å². The minimum Gasteiger partial charge on any atom is -0.502 e. The van der Waals surface area contributed by atoms with Gasteiger partial charge in [-0.05, 0) is 19.1 Å². The van der Waals surface area contributed by atoms with Crippen molar-refractivity contribution in [1.29, 1.82) is 0 Å². The van der Waals surface area contributed by atoms with E-state index in [-0.39, 0.29) is 22.8 Å². The number of carbonyl (C=O) groups excluding carboxylic acids is 1. The third-order valence-electron chi connectivity index (χ3n) is 2.00. The molecular weight excluding hydrogens is 252 g/mol. The molecule has 0 aromatic heterocycles. The number of phenols is 1. The molecule has 0 atom stereocenters. The van der Waals surface area contributed by atoms with Crippen molar-refractivity contribution in [2.45, 2.75) is 6.92 Å². The number of methoxy groups -OCH3 is 2. The molecule has 6 heteroatoms. The summed E-state index contributed by atoms with van der Waals surface area (Å²) in [4.78, 5) is 20.1. The Bertz CT molecular complexity index is 441. The molecule has 0 fully saturated rings. The zero-order chi connectivity index (χ0) is 15.0. The van der Waals surface area contributed by atoms with Crippen molar-refractivity contribution in [3.63, 3.8) is 0 Å². The summed E-state index contributed by atoms with van der Waals surface area (Å²) in [6.07, 6.45) is 0.657. The first-order valence-electron chi connectivity index (χ1n) is 5.16. The zero-order valence-corrected chi connectivity index (χ0v) is 11.0. The van der Waals surface area contributed by atoms with E-state index in [0.29, 0.717) is 11.8 Å². The fourth-order valence-electron chi connectivity index (χ4n) is 0.982. The van der Waals surface area contributed by atoms with Gasteiger partial charge < -0.3 is 19.7 Å². The monoisotopic (exact) mass is 268 g/mol. The Kier molecular flexibility index (Phi) is 6.73. The van der Waals surface area contributed by atoms with Crippen LogP contribution in [0.1, 0.15) is 17.3 Å². The van der Waals surface area contributed by atoms with E-state index < -0.39 is 5.97 Å². The summed E-state index contributed by atoms with van der Waals surface area (Å²) < 4.78 is 9.68. The molecular formula is C13H16O6. The predicted molar refractivity (Wildman–Crippen MR) is 69.0 cm³/mol. The molecule has 0 amide bonds. The van der Waals surface area contributed by atoms with E-state index in [1.165, 1.54) is 33.3 Å². The van der Waals surface area contributed by atoms with Gasteiger partial charge >= 0.3 is 5.97 Å². The molecule has 1 rings (SSSR count). The molecule has 1 aromatic carbocycles. The van der Waals surface area contributed by atoms with Gasteiger partial charge in [0.1, 0.15) is 6.29 Å². The summed E-state index contributed by atoms with van der Waals surface area (Å²) in [6, 6.07) is 2.87. The fourth-order valence-corrected chi connectivity index (χ4v) is 0.982. The lowest BCUT2D eigenvalue weighted by Gasteiger charge is -2.08. The number of carboxylic acid groups (broad SMARTS) is 1. The molecule has 2 N–H and O–H groups in total. The van der Waals surface area contributed by atoms with Crippen molar-refractivity contribution in [3.8, 4) is 17.2 Å². The van der Waals surface area contributed by atoms with E-state index in [2.05, 4.69) is 6.58 Å². The van der Waals surface area contributed by atoms with Crippen LogP contribution in [0, 0.1) is 0 Å². The number of hydrogen-bond donors (Lipinski definition) is 2. The van der Waals surface area contributed by atoms with Crippen LogP contribution in [0.25, 0.3) is 0 Å². The standard InChI is InChI=1S/C9H10O4.C4H6O2/c1-12-7-3-6(5-10)4-8(13-2)9(7)11;1-3(2)4(5)6/h3-5,11H,1-2H3;1H2,2H3,(H,5,6). The molecule has 19 heavy (non-hydrogen) atoms. The summed E-state index contributed by atoms with van der Waals surface area (Å²) in [5, 5.41) is 17.3. The first kappa shape index (κ1) is 16.5. The molecule has 0 aliphatic heterocycles. The summed E-state index contributed by atoms with van der Waals surface area (Å²) in [7, 11) is 2.81. The minimum absolute atomic E-state index is 0.101. The Morgan fingerprint density at radius 2 is 1.63 bits per heavy atom. The summed E-state index contributed by atoms with van der Waals surface area (Å²) in [6.45, 7) is 4.60. The largest absolute Gasteiger partial charge is 0.502 e. The van der Waals surface area contributed by atoms with Gasteiger partial charge in [-0.1, -0.05) is 6.58 Å². The van der Waals surface area contributed by atoms with E-state index in [0.717, 1.165) is 0 Å². The van der Waals surface area contributed by atoms with Gasteiger partial charge in [-0.15, -0.1) is 0 Å². The number of hydrogen-bond acceptors (Lipinski definition) is 5. The lowest BCUT2D eigenvalue weighted by molar-refractivity contribution is -0.132. The lowest BCUT2D eigenvalue weighted by Crippen LogP contribution is -1.92. The SMILES string of the molecule is C=C(C)C(=O)O.COc1cc(C=O)cc(OC)c1O. The minimum atomic E-state index is -0.935. The highest BCUT2D eigenvalue weighted by Gasteiger charge is 2.10. The number of ether oxygens (including phenoxy) is 2. The molecule has 0 saturated heterocycles. The number of aliphatic carboxylic acids is 1. The second-order valence-electron chi connectivity index (χ2n) is 3.48. The Morgan fingerprint density at radius 3 is 1.84 bits per heavy atom. The number of benzene rings is 1. The lowest BCUT2D eigenvalue weighted by atomic mass is 10.2. The fraction of sp³-hybridized carbons (Fsp3) is 0.231. The van der Waals surface area contributed by atoms with Crippen LogP contribution in [0.4, 0.5) is 0 Å². The molecule has 0 spiro atoms. The zero-order valence-electron chi connectivity index (χ0n) is 11.0. The molecule has 0 radical (unpaired) electrons. The molecule has 0 aliphatic carbocycles. The van der Waals surface area contributed by atoms with Crippen LogP contribution in [0.3, 0.4) is 0 Å². The Balaban J connectivity index is 0.000000459. The van der Waals surface area contributed by atoms with Crippen LogP contribution in [-0.2, 0) is 4.79 Å². The van der Waals surface area contributed by atoms with Gasteiger partial charge in [-0.25, -0.2) is 4.79 Å². The van der Waals surface area contributed by atoms with E-state index in [4.69, 9.17) is 14.6 Å². The third kappa shape index (κ3) is 5.12. The maximum Gasteiger partial charge on any atom is 0.330 e. The Labute approximate surface area is 110 Å². The maximum absolute atomic E-state index is 10.5. The van der Waals surface area contributed by atoms with Crippen molar-refractivity contribution < 1.29 is 29.3 Å². The van der Waals surface area contributed by atoms with Crippen LogP contribution in [0.2, 0.25) is 0 Å². The highest BCUT2D eigenvalue weighted by atomic mass is 16.5. The van der Waals surface area contributed by atoms with Crippen molar-refractivity contribution in [2.75, 3.05) is 14.2 Å². The van der Waals surface area contributed by atoms with Crippen LogP contribution >= 0.6 is 0 Å². The predicted octanol–water partition coefficient (Wildman–Crippen LogP) is 1.87. The van der Waals surface area contributed by atoms with Crippen molar-refractivity contribution in [3.05, 3.63) is 29.8 Å². The van der Waals surface area contributed by atoms with Crippen molar-refractivity contribution >= 4 is 12.3 Å². The quantitative estimate of drug-likeness (QED) is 0.639. The van der Waals surface area contributed by atoms with Gasteiger partial charge in [0, 0.05) is 11.1 Å². The summed E-state index contributed by atoms with van der Waals surface area (Å²) >= 11 is 0. The number of rotatable bonds is 4. The average molecular weight is 268 g/mol. The van der Waals surface area contributed by atoms with Gasteiger partial charge in [0.25, 0.3) is 0 Å². The smallest absolute Gasteiger partial charge is 0.330 e. The molecule has 6 nitrogen and oxygen atoms in total. The molecule has 0 heterocycles. The second-order valence-corrected chi connectivity index (χ2v) is 3.48. The highest BCUT2D eigenvalue weighted by molar-refractivity contribution is 5.84. The van der Waals surface area contributed by atoms with Gasteiger partial charge in [-0.3, -0.25) is 4.79 Å². The van der Waals surface area contributed by atoms with E-state index in [9.17, 15) is 14.7 Å². The van der Waals surface area contributed by atoms with Gasteiger partial charge in [0.2, 0.25) is 5.75 Å². The van der Waals surface area contributed by atoms with Crippen LogP contribution in [-0.4, -0.2) is 36.7 Å². The topological polar surface area (TPSA) is 93.1 Å². The first-order valence-corrected chi connectivity index (χ1v) is 5.16. The number of aldehydes is 1. The number of phenolic OH excluding ortho intramolecular Hbond substituents is 1. The molecule has 0 aliphatic rings. The Hall–Kier alpha value is -2.50. The average Bonchev–Trinajstić information content (AvgIpc) is 2.39. The van der Waals surface area contributed by atoms with Crippen molar-refractivity contribution in [1.82, 2.24) is 0 Å². The first-order chi connectivity index (χ1) is 8.87. The van der Waals surface area contributed by atoms with E-state index in [1.807, 2.05) is 0 Å². The highest BCUT2D eigenvalue weighted by Crippen LogP contribution is 2.36. The summed E-state index contributed by atoms with van der Waals surface area (Å²) in [5.41, 5.74) is 0.571. The second kappa shape index (κ2) is 7.75. The summed E-state index contributed by atoms with van der Waals surface area (Å²) in [5.74, 6) is -0.589. The van der Waals surface area contributed by atoms with Gasteiger partial charge in [-0.2, -0.15) is 0 Å². The van der Waals surface area contributed by atoms with Crippen LogP contribution < -0.4 is 9.47 Å².